The van der Waals surface area contributed by atoms with Gasteiger partial charge in [-0.1, -0.05) is 13.8 Å². The number of hydrogen-bond donors (Lipinski definition) is 2. The molecule has 1 amide bonds. The van der Waals surface area contributed by atoms with E-state index in [4.69, 9.17) is 5.73 Å². The lowest BCUT2D eigenvalue weighted by Crippen LogP contribution is -2.57. The van der Waals surface area contributed by atoms with E-state index in [0.717, 1.165) is 19.5 Å². The topological polar surface area (TPSA) is 58.4 Å². The maximum absolute atomic E-state index is 11.7. The van der Waals surface area contributed by atoms with Crippen LogP contribution in [-0.2, 0) is 4.79 Å². The summed E-state index contributed by atoms with van der Waals surface area (Å²) in [4.78, 5) is 14.2. The number of amides is 1. The van der Waals surface area contributed by atoms with E-state index in [1.54, 1.807) is 0 Å². The van der Waals surface area contributed by atoms with Crippen molar-refractivity contribution in [2.45, 2.75) is 71.5 Å². The summed E-state index contributed by atoms with van der Waals surface area (Å²) < 4.78 is 0. The van der Waals surface area contributed by atoms with E-state index in [9.17, 15) is 4.79 Å². The van der Waals surface area contributed by atoms with Gasteiger partial charge in [-0.15, -0.1) is 0 Å². The molecule has 3 N–H and O–H groups in total. The van der Waals surface area contributed by atoms with Gasteiger partial charge >= 0.3 is 0 Å². The predicted octanol–water partition coefficient (Wildman–Crippen LogP) is 1.74. The third kappa shape index (κ3) is 4.46. The molecule has 2 unspecified atom stereocenters. The highest BCUT2D eigenvalue weighted by atomic mass is 16.1. The van der Waals surface area contributed by atoms with Crippen LogP contribution >= 0.6 is 0 Å². The molecule has 0 aromatic rings. The fourth-order valence-corrected chi connectivity index (χ4v) is 3.16. The van der Waals surface area contributed by atoms with Crippen LogP contribution in [0.25, 0.3) is 0 Å². The highest BCUT2D eigenvalue weighted by Gasteiger charge is 2.34. The molecule has 0 aromatic carbocycles. The molecule has 0 spiro atoms. The normalized spacial score (nSPS) is 24.1. The Balaban J connectivity index is 2.59. The minimum atomic E-state index is -0.599. The van der Waals surface area contributed by atoms with Crippen LogP contribution < -0.4 is 11.1 Å². The molecule has 1 rings (SSSR count). The number of nitrogens with one attached hydrogen (secondary N) is 1. The molecule has 0 bridgehead atoms. The zero-order chi connectivity index (χ0) is 14.6. The predicted molar refractivity (Wildman–Crippen MR) is 79.9 cm³/mol. The average Bonchev–Trinajstić information content (AvgIpc) is 2.73. The molecular formula is C15H31N3O. The Hall–Kier alpha value is -0.610. The minimum Gasteiger partial charge on any atom is -0.368 e. The van der Waals surface area contributed by atoms with Crippen molar-refractivity contribution in [3.05, 3.63) is 0 Å². The van der Waals surface area contributed by atoms with Crippen molar-refractivity contribution in [1.29, 1.82) is 0 Å². The van der Waals surface area contributed by atoms with Gasteiger partial charge in [0, 0.05) is 18.6 Å². The summed E-state index contributed by atoms with van der Waals surface area (Å²) in [6.45, 7) is 12.7. The number of likely N-dealkylation sites (tertiary alicyclic amines) is 1. The highest BCUT2D eigenvalue weighted by Crippen LogP contribution is 2.25. The quantitative estimate of drug-likeness (QED) is 0.740. The van der Waals surface area contributed by atoms with Gasteiger partial charge in [0.05, 0.1) is 5.54 Å². The van der Waals surface area contributed by atoms with Gasteiger partial charge in [0.2, 0.25) is 5.91 Å². The van der Waals surface area contributed by atoms with E-state index in [0.29, 0.717) is 12.0 Å². The van der Waals surface area contributed by atoms with Crippen molar-refractivity contribution in [2.75, 3.05) is 13.1 Å². The van der Waals surface area contributed by atoms with E-state index in [1.807, 2.05) is 20.8 Å². The molecule has 1 aliphatic rings. The Kier molecular flexibility index (Phi) is 5.81. The molecule has 1 heterocycles. The molecule has 112 valence electrons. The summed E-state index contributed by atoms with van der Waals surface area (Å²) in [5.41, 5.74) is 4.98. The number of carbonyl (C=O) groups excluding carboxylic acids is 1. The molecule has 0 saturated carbocycles. The Morgan fingerprint density at radius 3 is 2.53 bits per heavy atom. The molecule has 1 aliphatic heterocycles. The van der Waals surface area contributed by atoms with E-state index in [2.05, 4.69) is 24.1 Å². The second-order valence-corrected chi connectivity index (χ2v) is 6.73. The van der Waals surface area contributed by atoms with Gasteiger partial charge in [0.1, 0.15) is 0 Å². The summed E-state index contributed by atoms with van der Waals surface area (Å²) >= 11 is 0. The van der Waals surface area contributed by atoms with Crippen LogP contribution in [0.3, 0.4) is 0 Å². The maximum Gasteiger partial charge on any atom is 0.237 e. The monoisotopic (exact) mass is 269 g/mol. The highest BCUT2D eigenvalue weighted by molar-refractivity contribution is 5.84. The van der Waals surface area contributed by atoms with Crippen LogP contribution in [0.15, 0.2) is 0 Å². The fourth-order valence-electron chi connectivity index (χ4n) is 3.16. The lowest BCUT2D eigenvalue weighted by molar-refractivity contribution is -0.124. The maximum atomic E-state index is 11.7. The Labute approximate surface area is 118 Å². The molecule has 0 aromatic heterocycles. The third-order valence-electron chi connectivity index (χ3n) is 4.23. The molecule has 2 atom stereocenters. The fraction of sp³-hybridized carbons (Fsp3) is 0.933. The molecule has 0 aliphatic carbocycles. The third-order valence-corrected chi connectivity index (χ3v) is 4.23. The zero-order valence-corrected chi connectivity index (χ0v) is 13.2. The Morgan fingerprint density at radius 1 is 1.42 bits per heavy atom. The van der Waals surface area contributed by atoms with Crippen molar-refractivity contribution in [3.63, 3.8) is 0 Å². The van der Waals surface area contributed by atoms with E-state index in [1.165, 1.54) is 12.8 Å². The summed E-state index contributed by atoms with van der Waals surface area (Å²) in [7, 11) is 0. The van der Waals surface area contributed by atoms with Crippen LogP contribution in [0.1, 0.15) is 53.9 Å². The molecule has 4 heteroatoms. The van der Waals surface area contributed by atoms with Crippen molar-refractivity contribution in [3.8, 4) is 0 Å². The van der Waals surface area contributed by atoms with Crippen LogP contribution in [0.2, 0.25) is 0 Å². The first-order valence-electron chi connectivity index (χ1n) is 7.58. The average molecular weight is 269 g/mol. The molecule has 1 saturated heterocycles. The largest absolute Gasteiger partial charge is 0.368 e. The van der Waals surface area contributed by atoms with Gasteiger partial charge in [-0.2, -0.15) is 0 Å². The minimum absolute atomic E-state index is 0.249. The van der Waals surface area contributed by atoms with Crippen LogP contribution in [0.5, 0.6) is 0 Å². The number of hydrogen-bond acceptors (Lipinski definition) is 3. The SMILES string of the molecule is CC(C)NC(C)(CCN1CCCC1C(C)C)C(N)=O. The molecule has 4 nitrogen and oxygen atoms in total. The van der Waals surface area contributed by atoms with E-state index in [-0.39, 0.29) is 11.9 Å². The van der Waals surface area contributed by atoms with Gasteiger partial charge in [0.25, 0.3) is 0 Å². The summed E-state index contributed by atoms with van der Waals surface area (Å²) in [6, 6.07) is 0.924. The lowest BCUT2D eigenvalue weighted by Gasteiger charge is -2.34. The van der Waals surface area contributed by atoms with Gasteiger partial charge in [-0.3, -0.25) is 4.79 Å². The molecule has 1 fully saturated rings. The summed E-state index contributed by atoms with van der Waals surface area (Å²) in [6.07, 6.45) is 3.33. The number of nitrogens with two attached hydrogens (primary N) is 1. The Morgan fingerprint density at radius 2 is 2.05 bits per heavy atom. The summed E-state index contributed by atoms with van der Waals surface area (Å²) in [5.74, 6) is 0.432. The number of nitrogens with zero attached hydrogens (tertiary/aromatic N) is 1. The van der Waals surface area contributed by atoms with E-state index >= 15 is 0 Å². The van der Waals surface area contributed by atoms with Gasteiger partial charge < -0.3 is 16.0 Å². The second kappa shape index (κ2) is 6.71. The zero-order valence-electron chi connectivity index (χ0n) is 13.2. The first-order valence-corrected chi connectivity index (χ1v) is 7.58. The molecular weight excluding hydrogens is 238 g/mol. The molecule has 19 heavy (non-hydrogen) atoms. The summed E-state index contributed by atoms with van der Waals surface area (Å²) in [5, 5.41) is 3.32. The van der Waals surface area contributed by atoms with Gasteiger partial charge in [0.15, 0.2) is 0 Å². The van der Waals surface area contributed by atoms with Crippen molar-refractivity contribution >= 4 is 5.91 Å². The second-order valence-electron chi connectivity index (χ2n) is 6.73. The number of rotatable bonds is 7. The van der Waals surface area contributed by atoms with Crippen LogP contribution in [0.4, 0.5) is 0 Å². The number of carbonyl (C=O) groups is 1. The van der Waals surface area contributed by atoms with Crippen LogP contribution in [0, 0.1) is 5.92 Å². The van der Waals surface area contributed by atoms with Crippen molar-refractivity contribution < 1.29 is 4.79 Å². The first kappa shape index (κ1) is 16.4. The van der Waals surface area contributed by atoms with Gasteiger partial charge in [-0.05, 0) is 52.5 Å². The first-order chi connectivity index (χ1) is 8.76. The van der Waals surface area contributed by atoms with Crippen molar-refractivity contribution in [2.24, 2.45) is 11.7 Å². The van der Waals surface area contributed by atoms with Crippen molar-refractivity contribution in [1.82, 2.24) is 10.2 Å². The standard InChI is InChI=1S/C15H31N3O/c1-11(2)13-7-6-9-18(13)10-8-15(5,14(16)19)17-12(3)4/h11-13,17H,6-10H2,1-5H3,(H2,16,19). The Bertz CT molecular complexity index is 304. The van der Waals surface area contributed by atoms with Gasteiger partial charge in [-0.25, -0.2) is 0 Å². The van der Waals surface area contributed by atoms with Crippen LogP contribution in [-0.4, -0.2) is 41.5 Å². The number of primary amides is 1. The molecule has 0 radical (unpaired) electrons. The van der Waals surface area contributed by atoms with E-state index < -0.39 is 5.54 Å². The smallest absolute Gasteiger partial charge is 0.237 e. The lowest BCUT2D eigenvalue weighted by atomic mass is 9.94.